The lowest BCUT2D eigenvalue weighted by atomic mass is 10.1. The summed E-state index contributed by atoms with van der Waals surface area (Å²) in [6, 6.07) is 0.791. The van der Waals surface area contributed by atoms with E-state index in [1.54, 1.807) is 0 Å². The molecule has 2 atom stereocenters. The van der Waals surface area contributed by atoms with Crippen LogP contribution in [-0.4, -0.2) is 23.6 Å². The Balaban J connectivity index is 2.26. The van der Waals surface area contributed by atoms with Crippen LogP contribution in [0.25, 0.3) is 0 Å². The molecule has 1 N–H and O–H groups in total. The van der Waals surface area contributed by atoms with Crippen molar-refractivity contribution in [2.24, 2.45) is 0 Å². The second kappa shape index (κ2) is 9.35. The average molecular weight is 243 g/mol. The van der Waals surface area contributed by atoms with E-state index in [9.17, 15) is 0 Å². The normalized spacial score (nSPS) is 26.6. The summed E-state index contributed by atoms with van der Waals surface area (Å²) in [5, 5.41) is 4.58. The average Bonchev–Trinajstić information content (AvgIpc) is 2.51. The third kappa shape index (κ3) is 5.58. The summed E-state index contributed by atoms with van der Waals surface area (Å²) in [5.74, 6) is 1.38. The summed E-state index contributed by atoms with van der Waals surface area (Å²) in [6.07, 6.45) is 11.3. The highest BCUT2D eigenvalue weighted by Gasteiger charge is 2.22. The summed E-state index contributed by atoms with van der Waals surface area (Å²) in [4.78, 5) is 0. The number of thioether (sulfide) groups is 1. The summed E-state index contributed by atoms with van der Waals surface area (Å²) >= 11 is 2.24. The summed E-state index contributed by atoms with van der Waals surface area (Å²) in [7, 11) is 0. The van der Waals surface area contributed by atoms with E-state index >= 15 is 0 Å². The van der Waals surface area contributed by atoms with Gasteiger partial charge in [0, 0.05) is 11.3 Å². The zero-order chi connectivity index (χ0) is 11.6. The van der Waals surface area contributed by atoms with Crippen molar-refractivity contribution in [1.82, 2.24) is 5.32 Å². The van der Waals surface area contributed by atoms with Crippen LogP contribution in [0.3, 0.4) is 0 Å². The second-order valence-corrected chi connectivity index (χ2v) is 6.27. The molecule has 96 valence electrons. The van der Waals surface area contributed by atoms with E-state index in [4.69, 9.17) is 0 Å². The van der Waals surface area contributed by atoms with Crippen LogP contribution in [0.1, 0.15) is 65.2 Å². The number of hydrogen-bond donors (Lipinski definition) is 1. The lowest BCUT2D eigenvalue weighted by Gasteiger charge is -2.25. The van der Waals surface area contributed by atoms with Crippen molar-refractivity contribution in [3.8, 4) is 0 Å². The predicted molar refractivity (Wildman–Crippen MR) is 76.3 cm³/mol. The highest BCUT2D eigenvalue weighted by atomic mass is 32.2. The summed E-state index contributed by atoms with van der Waals surface area (Å²) in [6.45, 7) is 5.66. The Labute approximate surface area is 106 Å². The van der Waals surface area contributed by atoms with E-state index in [0.29, 0.717) is 0 Å². The molecule has 0 heterocycles. The van der Waals surface area contributed by atoms with Gasteiger partial charge in [-0.15, -0.1) is 0 Å². The minimum atomic E-state index is 0.791. The first-order valence-corrected chi connectivity index (χ1v) is 8.28. The zero-order valence-electron chi connectivity index (χ0n) is 11.1. The summed E-state index contributed by atoms with van der Waals surface area (Å²) < 4.78 is 0. The molecule has 1 saturated carbocycles. The third-order valence-corrected chi connectivity index (χ3v) is 5.02. The largest absolute Gasteiger partial charge is 0.313 e. The second-order valence-electron chi connectivity index (χ2n) is 4.92. The smallest absolute Gasteiger partial charge is 0.0201 e. The minimum absolute atomic E-state index is 0.791. The van der Waals surface area contributed by atoms with Crippen LogP contribution in [0.15, 0.2) is 0 Å². The van der Waals surface area contributed by atoms with E-state index < -0.39 is 0 Å². The van der Waals surface area contributed by atoms with E-state index in [1.807, 2.05) is 0 Å². The Hall–Kier alpha value is 0.310. The van der Waals surface area contributed by atoms with Crippen LogP contribution in [0.2, 0.25) is 0 Å². The Bertz CT molecular complexity index is 161. The van der Waals surface area contributed by atoms with Crippen LogP contribution < -0.4 is 5.32 Å². The molecule has 0 saturated heterocycles. The Morgan fingerprint density at radius 2 is 1.88 bits per heavy atom. The van der Waals surface area contributed by atoms with Crippen LogP contribution in [-0.2, 0) is 0 Å². The molecule has 0 aromatic carbocycles. The lowest BCUT2D eigenvalue weighted by molar-refractivity contribution is 0.482. The van der Waals surface area contributed by atoms with Crippen LogP contribution in [0.4, 0.5) is 0 Å². The number of unbranched alkanes of at least 4 members (excludes halogenated alkanes) is 2. The molecule has 0 radical (unpaired) electrons. The molecule has 16 heavy (non-hydrogen) atoms. The van der Waals surface area contributed by atoms with Crippen LogP contribution in [0, 0.1) is 0 Å². The number of rotatable bonds is 7. The number of hydrogen-bond acceptors (Lipinski definition) is 2. The van der Waals surface area contributed by atoms with Gasteiger partial charge in [0.25, 0.3) is 0 Å². The molecule has 0 amide bonds. The van der Waals surface area contributed by atoms with Gasteiger partial charge in [-0.3, -0.25) is 0 Å². The summed E-state index contributed by atoms with van der Waals surface area (Å²) in [5.41, 5.74) is 0. The lowest BCUT2D eigenvalue weighted by Crippen LogP contribution is -2.37. The van der Waals surface area contributed by atoms with E-state index in [1.165, 1.54) is 57.1 Å². The van der Waals surface area contributed by atoms with Crippen molar-refractivity contribution in [3.05, 3.63) is 0 Å². The predicted octanol–water partition coefficient (Wildman–Crippen LogP) is 4.22. The highest BCUT2D eigenvalue weighted by Crippen LogP contribution is 2.28. The van der Waals surface area contributed by atoms with E-state index in [0.717, 1.165) is 17.8 Å². The molecule has 0 bridgehead atoms. The van der Waals surface area contributed by atoms with Gasteiger partial charge in [0.05, 0.1) is 0 Å². The topological polar surface area (TPSA) is 12.0 Å². The van der Waals surface area contributed by atoms with E-state index in [2.05, 4.69) is 30.9 Å². The van der Waals surface area contributed by atoms with Gasteiger partial charge in [-0.25, -0.2) is 0 Å². The minimum Gasteiger partial charge on any atom is -0.313 e. The van der Waals surface area contributed by atoms with Crippen molar-refractivity contribution < 1.29 is 0 Å². The standard InChI is InChI=1S/C14H29NS/c1-3-5-9-12-16-14-11-8-6-7-10-13(14)15-4-2/h13-15H,3-12H2,1-2H3. The molecule has 2 unspecified atom stereocenters. The molecule has 0 aromatic rings. The van der Waals surface area contributed by atoms with Gasteiger partial charge in [-0.2, -0.15) is 11.8 Å². The van der Waals surface area contributed by atoms with E-state index in [-0.39, 0.29) is 0 Å². The van der Waals surface area contributed by atoms with Gasteiger partial charge in [0.2, 0.25) is 0 Å². The molecular weight excluding hydrogens is 214 g/mol. The fourth-order valence-corrected chi connectivity index (χ4v) is 4.03. The quantitative estimate of drug-likeness (QED) is 0.531. The molecule has 0 spiro atoms. The third-order valence-electron chi connectivity index (χ3n) is 3.50. The monoisotopic (exact) mass is 243 g/mol. The van der Waals surface area contributed by atoms with Gasteiger partial charge in [0.1, 0.15) is 0 Å². The molecule has 1 rings (SSSR count). The first-order valence-electron chi connectivity index (χ1n) is 7.23. The van der Waals surface area contributed by atoms with Crippen molar-refractivity contribution in [1.29, 1.82) is 0 Å². The molecule has 1 fully saturated rings. The van der Waals surface area contributed by atoms with Crippen molar-refractivity contribution >= 4 is 11.8 Å². The maximum absolute atomic E-state index is 3.69. The van der Waals surface area contributed by atoms with Gasteiger partial charge < -0.3 is 5.32 Å². The number of nitrogens with one attached hydrogen (secondary N) is 1. The molecule has 0 aromatic heterocycles. The van der Waals surface area contributed by atoms with Crippen molar-refractivity contribution in [2.75, 3.05) is 12.3 Å². The molecule has 1 aliphatic carbocycles. The fourth-order valence-electron chi connectivity index (χ4n) is 2.56. The Kier molecular flexibility index (Phi) is 8.40. The van der Waals surface area contributed by atoms with Gasteiger partial charge >= 0.3 is 0 Å². The molecule has 2 heteroatoms. The van der Waals surface area contributed by atoms with Crippen molar-refractivity contribution in [3.63, 3.8) is 0 Å². The van der Waals surface area contributed by atoms with Gasteiger partial charge in [-0.1, -0.05) is 46.0 Å². The molecular formula is C14H29NS. The van der Waals surface area contributed by atoms with Crippen LogP contribution in [0.5, 0.6) is 0 Å². The molecule has 0 aliphatic heterocycles. The first-order chi connectivity index (χ1) is 7.88. The molecule has 1 aliphatic rings. The van der Waals surface area contributed by atoms with Gasteiger partial charge in [-0.05, 0) is 31.6 Å². The first kappa shape index (κ1) is 14.4. The Morgan fingerprint density at radius 1 is 1.06 bits per heavy atom. The SMILES string of the molecule is CCCCCSC1CCCCCC1NCC. The van der Waals surface area contributed by atoms with Crippen molar-refractivity contribution in [2.45, 2.75) is 76.5 Å². The maximum atomic E-state index is 3.69. The Morgan fingerprint density at radius 3 is 2.62 bits per heavy atom. The maximum Gasteiger partial charge on any atom is 0.0201 e. The zero-order valence-corrected chi connectivity index (χ0v) is 12.0. The van der Waals surface area contributed by atoms with Crippen LogP contribution >= 0.6 is 11.8 Å². The molecule has 1 nitrogen and oxygen atoms in total. The fraction of sp³-hybridized carbons (Fsp3) is 1.00. The highest BCUT2D eigenvalue weighted by molar-refractivity contribution is 7.99. The van der Waals surface area contributed by atoms with Gasteiger partial charge in [0.15, 0.2) is 0 Å².